The molecule has 2 nitrogen and oxygen atoms in total. The van der Waals surface area contributed by atoms with Crippen molar-refractivity contribution in [2.45, 2.75) is 13.3 Å². The van der Waals surface area contributed by atoms with E-state index >= 15 is 0 Å². The van der Waals surface area contributed by atoms with E-state index in [0.717, 1.165) is 6.42 Å². The zero-order chi connectivity index (χ0) is 8.43. The van der Waals surface area contributed by atoms with E-state index in [1.54, 1.807) is 0 Å². The van der Waals surface area contributed by atoms with E-state index in [1.807, 2.05) is 6.92 Å². The van der Waals surface area contributed by atoms with E-state index in [9.17, 15) is 9.18 Å². The zero-order valence-corrected chi connectivity index (χ0v) is 6.64. The molecule has 1 amide bonds. The summed E-state index contributed by atoms with van der Waals surface area (Å²) in [6, 6.07) is 0. The number of rotatable bonds is 1. The lowest BCUT2D eigenvalue weighted by Crippen LogP contribution is -2.28. The number of likely N-dealkylation sites (tertiary alicyclic amines) is 1. The Morgan fingerprint density at radius 2 is 2.36 bits per heavy atom. The molecule has 1 aliphatic rings. The molecule has 0 bridgehead atoms. The van der Waals surface area contributed by atoms with Crippen LogP contribution in [0.5, 0.6) is 0 Å². The predicted molar refractivity (Wildman–Crippen MR) is 40.6 cm³/mol. The molecule has 1 rings (SSSR count). The van der Waals surface area contributed by atoms with Gasteiger partial charge in [-0.2, -0.15) is 0 Å². The predicted octanol–water partition coefficient (Wildman–Crippen LogP) is 1.34. The third kappa shape index (κ3) is 1.79. The quantitative estimate of drug-likeness (QED) is 0.526. The summed E-state index contributed by atoms with van der Waals surface area (Å²) in [7, 11) is 0. The summed E-state index contributed by atoms with van der Waals surface area (Å²) in [4.78, 5) is 12.4. The topological polar surface area (TPSA) is 20.3 Å². The highest BCUT2D eigenvalue weighted by Crippen LogP contribution is 2.16. The van der Waals surface area contributed by atoms with Gasteiger partial charge in [-0.15, -0.1) is 0 Å². The summed E-state index contributed by atoms with van der Waals surface area (Å²) in [5.41, 5.74) is 0. The first-order chi connectivity index (χ1) is 5.11. The van der Waals surface area contributed by atoms with Crippen LogP contribution in [0.1, 0.15) is 13.3 Å². The first kappa shape index (κ1) is 8.24. The van der Waals surface area contributed by atoms with Crippen LogP contribution in [0.25, 0.3) is 0 Å². The molecule has 0 aliphatic carbocycles. The monoisotopic (exact) mass is 157 g/mol. The Balaban J connectivity index is 2.50. The van der Waals surface area contributed by atoms with Crippen LogP contribution < -0.4 is 0 Å². The van der Waals surface area contributed by atoms with Crippen molar-refractivity contribution in [1.29, 1.82) is 0 Å². The molecule has 0 aromatic heterocycles. The number of carbonyl (C=O) groups excluding carboxylic acids is 1. The average molecular weight is 157 g/mol. The third-order valence-electron chi connectivity index (χ3n) is 1.94. The van der Waals surface area contributed by atoms with Gasteiger partial charge >= 0.3 is 0 Å². The highest BCUT2D eigenvalue weighted by atomic mass is 19.1. The zero-order valence-electron chi connectivity index (χ0n) is 6.64. The third-order valence-corrected chi connectivity index (χ3v) is 1.94. The van der Waals surface area contributed by atoms with Gasteiger partial charge in [0.1, 0.15) is 0 Å². The summed E-state index contributed by atoms with van der Waals surface area (Å²) in [5, 5.41) is 0. The second kappa shape index (κ2) is 3.03. The standard InChI is InChI=1S/C8H12FNO/c1-6-3-4-10(5-6)8(11)7(2)9/h6H,2-5H2,1H3. The molecule has 1 heterocycles. The van der Waals surface area contributed by atoms with Gasteiger partial charge in [-0.3, -0.25) is 4.79 Å². The summed E-state index contributed by atoms with van der Waals surface area (Å²) in [6.07, 6.45) is 0.971. The smallest absolute Gasteiger partial charge is 0.281 e. The molecule has 1 saturated heterocycles. The number of halogens is 1. The van der Waals surface area contributed by atoms with Crippen molar-refractivity contribution in [3.63, 3.8) is 0 Å². The molecule has 1 unspecified atom stereocenters. The van der Waals surface area contributed by atoms with E-state index < -0.39 is 11.7 Å². The van der Waals surface area contributed by atoms with Crippen molar-refractivity contribution in [1.82, 2.24) is 4.90 Å². The van der Waals surface area contributed by atoms with Crippen LogP contribution in [0.3, 0.4) is 0 Å². The van der Waals surface area contributed by atoms with Gasteiger partial charge < -0.3 is 4.90 Å². The molecule has 0 N–H and O–H groups in total. The first-order valence-corrected chi connectivity index (χ1v) is 3.75. The van der Waals surface area contributed by atoms with Crippen molar-refractivity contribution in [3.8, 4) is 0 Å². The van der Waals surface area contributed by atoms with Crippen LogP contribution in [0.15, 0.2) is 12.4 Å². The highest BCUT2D eigenvalue weighted by Gasteiger charge is 2.24. The first-order valence-electron chi connectivity index (χ1n) is 3.75. The van der Waals surface area contributed by atoms with Crippen LogP contribution in [-0.2, 0) is 4.79 Å². The van der Waals surface area contributed by atoms with Crippen LogP contribution in [0, 0.1) is 5.92 Å². The van der Waals surface area contributed by atoms with Gasteiger partial charge in [-0.25, -0.2) is 4.39 Å². The maximum Gasteiger partial charge on any atom is 0.281 e. The summed E-state index contributed by atoms with van der Waals surface area (Å²) >= 11 is 0. The van der Waals surface area contributed by atoms with Crippen molar-refractivity contribution in [3.05, 3.63) is 12.4 Å². The maximum atomic E-state index is 12.3. The van der Waals surface area contributed by atoms with Crippen LogP contribution in [0.4, 0.5) is 4.39 Å². The maximum absolute atomic E-state index is 12.3. The number of amides is 1. The van der Waals surface area contributed by atoms with Gasteiger partial charge in [-0.05, 0) is 12.3 Å². The van der Waals surface area contributed by atoms with Crippen LogP contribution >= 0.6 is 0 Å². The number of hydrogen-bond acceptors (Lipinski definition) is 1. The van der Waals surface area contributed by atoms with Crippen molar-refractivity contribution < 1.29 is 9.18 Å². The summed E-state index contributed by atoms with van der Waals surface area (Å²) in [6.45, 7) is 6.35. The average Bonchev–Trinajstić information content (AvgIpc) is 2.34. The Kier molecular flexibility index (Phi) is 2.27. The van der Waals surface area contributed by atoms with E-state index in [1.165, 1.54) is 4.90 Å². The van der Waals surface area contributed by atoms with Gasteiger partial charge in [0.15, 0.2) is 5.83 Å². The van der Waals surface area contributed by atoms with E-state index in [4.69, 9.17) is 0 Å². The van der Waals surface area contributed by atoms with Crippen LogP contribution in [-0.4, -0.2) is 23.9 Å². The normalized spacial score (nSPS) is 23.8. The highest BCUT2D eigenvalue weighted by molar-refractivity contribution is 5.90. The van der Waals surface area contributed by atoms with Crippen molar-refractivity contribution in [2.75, 3.05) is 13.1 Å². The molecule has 62 valence electrons. The fraction of sp³-hybridized carbons (Fsp3) is 0.625. The number of nitrogens with zero attached hydrogens (tertiary/aromatic N) is 1. The van der Waals surface area contributed by atoms with Crippen molar-refractivity contribution in [2.24, 2.45) is 5.92 Å². The molecule has 11 heavy (non-hydrogen) atoms. The minimum Gasteiger partial charge on any atom is -0.336 e. The molecular weight excluding hydrogens is 145 g/mol. The molecule has 0 radical (unpaired) electrons. The second-order valence-electron chi connectivity index (χ2n) is 3.05. The lowest BCUT2D eigenvalue weighted by Gasteiger charge is -2.13. The molecule has 0 aromatic carbocycles. The van der Waals surface area contributed by atoms with E-state index in [0.29, 0.717) is 19.0 Å². The largest absolute Gasteiger partial charge is 0.336 e. The molecule has 1 atom stereocenters. The van der Waals surface area contributed by atoms with Crippen LogP contribution in [0.2, 0.25) is 0 Å². The summed E-state index contributed by atoms with van der Waals surface area (Å²) in [5.74, 6) is -0.897. The van der Waals surface area contributed by atoms with E-state index in [-0.39, 0.29) is 0 Å². The van der Waals surface area contributed by atoms with Gasteiger partial charge in [0, 0.05) is 13.1 Å². The Morgan fingerprint density at radius 3 is 2.73 bits per heavy atom. The molecule has 1 fully saturated rings. The summed E-state index contributed by atoms with van der Waals surface area (Å²) < 4.78 is 12.3. The fourth-order valence-electron chi connectivity index (χ4n) is 1.29. The lowest BCUT2D eigenvalue weighted by atomic mass is 10.2. The van der Waals surface area contributed by atoms with E-state index in [2.05, 4.69) is 6.58 Å². The minimum atomic E-state index is -0.848. The molecule has 3 heteroatoms. The molecule has 1 aliphatic heterocycles. The lowest BCUT2D eigenvalue weighted by molar-refractivity contribution is -0.127. The number of hydrogen-bond donors (Lipinski definition) is 0. The van der Waals surface area contributed by atoms with Gasteiger partial charge in [0.2, 0.25) is 0 Å². The molecule has 0 aromatic rings. The second-order valence-corrected chi connectivity index (χ2v) is 3.05. The molecule has 0 spiro atoms. The number of carbonyl (C=O) groups is 1. The van der Waals surface area contributed by atoms with Gasteiger partial charge in [0.25, 0.3) is 5.91 Å². The SMILES string of the molecule is C=C(F)C(=O)N1CCC(C)C1. The molecule has 0 saturated carbocycles. The Labute approximate surface area is 65.7 Å². The van der Waals surface area contributed by atoms with Crippen molar-refractivity contribution >= 4 is 5.91 Å². The van der Waals surface area contributed by atoms with Gasteiger partial charge in [-0.1, -0.05) is 13.5 Å². The fourth-order valence-corrected chi connectivity index (χ4v) is 1.29. The Hall–Kier alpha value is -0.860. The van der Waals surface area contributed by atoms with Gasteiger partial charge in [0.05, 0.1) is 0 Å². The Bertz CT molecular complexity index is 191. The minimum absolute atomic E-state index is 0.498. The molecular formula is C8H12FNO. The Morgan fingerprint density at radius 1 is 1.73 bits per heavy atom.